The van der Waals surface area contributed by atoms with Gasteiger partial charge in [0.25, 0.3) is 0 Å². The lowest BCUT2D eigenvalue weighted by molar-refractivity contribution is 0.0712. The number of aliphatic hydroxyl groups is 1. The molecule has 2 heteroatoms. The molecule has 1 N–H and O–H groups in total. The summed E-state index contributed by atoms with van der Waals surface area (Å²) in [5, 5.41) is 9.68. The topological polar surface area (TPSA) is 23.5 Å². The maximum Gasteiger partial charge on any atom is 0.0574 e. The molecule has 2 saturated carbocycles. The van der Waals surface area contributed by atoms with Crippen molar-refractivity contribution in [1.29, 1.82) is 0 Å². The number of fused-ring (bicyclic) bond motifs is 2. The van der Waals surface area contributed by atoms with E-state index in [0.717, 1.165) is 24.8 Å². The number of rotatable bonds is 2. The number of aliphatic hydroxyl groups excluding tert-OH is 1. The average Bonchev–Trinajstić information content (AvgIpc) is 2.43. The van der Waals surface area contributed by atoms with Crippen LogP contribution in [-0.2, 0) is 0 Å². The van der Waals surface area contributed by atoms with Crippen LogP contribution < -0.4 is 0 Å². The lowest BCUT2D eigenvalue weighted by Gasteiger charge is -2.28. The van der Waals surface area contributed by atoms with Gasteiger partial charge in [-0.2, -0.15) is 0 Å². The molecular weight excluding hydrogens is 150 g/mol. The standard InChI is InChI=1S/C10H19NO/c1-11(2)6-8-3-7-4-9(8)10(12)5-7/h7-10,12H,3-6H2,1-2H3. The molecule has 2 aliphatic carbocycles. The second-order valence-corrected chi connectivity index (χ2v) is 4.83. The highest BCUT2D eigenvalue weighted by Gasteiger charge is 2.45. The number of hydrogen-bond acceptors (Lipinski definition) is 2. The van der Waals surface area contributed by atoms with Crippen molar-refractivity contribution in [1.82, 2.24) is 4.90 Å². The Balaban J connectivity index is 1.93. The summed E-state index contributed by atoms with van der Waals surface area (Å²) >= 11 is 0. The molecule has 0 amide bonds. The lowest BCUT2D eigenvalue weighted by atomic mass is 9.86. The van der Waals surface area contributed by atoms with Gasteiger partial charge in [0.05, 0.1) is 6.10 Å². The second kappa shape index (κ2) is 3.00. The minimum atomic E-state index is 0.0219. The van der Waals surface area contributed by atoms with E-state index in [2.05, 4.69) is 19.0 Å². The molecule has 2 bridgehead atoms. The largest absolute Gasteiger partial charge is 0.393 e. The van der Waals surface area contributed by atoms with E-state index in [4.69, 9.17) is 0 Å². The first-order valence-electron chi connectivity index (χ1n) is 4.99. The molecule has 2 fully saturated rings. The lowest BCUT2D eigenvalue weighted by Crippen LogP contribution is -2.31. The van der Waals surface area contributed by atoms with Crippen molar-refractivity contribution in [3.63, 3.8) is 0 Å². The summed E-state index contributed by atoms with van der Waals surface area (Å²) in [6, 6.07) is 0. The Morgan fingerprint density at radius 2 is 2.00 bits per heavy atom. The highest BCUT2D eigenvalue weighted by atomic mass is 16.3. The van der Waals surface area contributed by atoms with Crippen LogP contribution in [-0.4, -0.2) is 36.8 Å². The zero-order valence-corrected chi connectivity index (χ0v) is 8.03. The first kappa shape index (κ1) is 8.52. The van der Waals surface area contributed by atoms with Crippen molar-refractivity contribution in [2.75, 3.05) is 20.6 Å². The predicted molar refractivity (Wildman–Crippen MR) is 48.9 cm³/mol. The van der Waals surface area contributed by atoms with Crippen LogP contribution in [0.2, 0.25) is 0 Å². The summed E-state index contributed by atoms with van der Waals surface area (Å²) in [5.74, 6) is 2.24. The second-order valence-electron chi connectivity index (χ2n) is 4.83. The van der Waals surface area contributed by atoms with Gasteiger partial charge < -0.3 is 10.0 Å². The van der Waals surface area contributed by atoms with Gasteiger partial charge in [-0.25, -0.2) is 0 Å². The summed E-state index contributed by atoms with van der Waals surface area (Å²) in [6.07, 6.45) is 3.75. The molecule has 12 heavy (non-hydrogen) atoms. The average molecular weight is 169 g/mol. The molecule has 4 unspecified atom stereocenters. The maximum absolute atomic E-state index is 9.68. The zero-order valence-electron chi connectivity index (χ0n) is 8.03. The molecule has 0 aromatic carbocycles. The molecule has 4 atom stereocenters. The Morgan fingerprint density at radius 3 is 2.50 bits per heavy atom. The highest BCUT2D eigenvalue weighted by molar-refractivity contribution is 4.95. The summed E-state index contributed by atoms with van der Waals surface area (Å²) < 4.78 is 0. The van der Waals surface area contributed by atoms with Crippen LogP contribution in [0.15, 0.2) is 0 Å². The van der Waals surface area contributed by atoms with Gasteiger partial charge in [0.2, 0.25) is 0 Å². The van der Waals surface area contributed by atoms with Gasteiger partial charge in [0.15, 0.2) is 0 Å². The van der Waals surface area contributed by atoms with Gasteiger partial charge in [-0.05, 0) is 51.1 Å². The van der Waals surface area contributed by atoms with Crippen molar-refractivity contribution in [3.05, 3.63) is 0 Å². The fourth-order valence-electron chi connectivity index (χ4n) is 3.14. The molecule has 0 spiro atoms. The summed E-state index contributed by atoms with van der Waals surface area (Å²) in [5.41, 5.74) is 0. The van der Waals surface area contributed by atoms with Crippen LogP contribution in [0.25, 0.3) is 0 Å². The molecule has 2 nitrogen and oxygen atoms in total. The predicted octanol–water partition coefficient (Wildman–Crippen LogP) is 0.955. The fraction of sp³-hybridized carbons (Fsp3) is 1.00. The van der Waals surface area contributed by atoms with Crippen LogP contribution >= 0.6 is 0 Å². The van der Waals surface area contributed by atoms with E-state index in [1.54, 1.807) is 0 Å². The monoisotopic (exact) mass is 169 g/mol. The van der Waals surface area contributed by atoms with E-state index in [1.807, 2.05) is 0 Å². The normalized spacial score (nSPS) is 46.0. The number of hydrogen-bond donors (Lipinski definition) is 1. The summed E-state index contributed by atoms with van der Waals surface area (Å²) in [4.78, 5) is 2.25. The molecule has 0 saturated heterocycles. The molecule has 2 aliphatic rings. The van der Waals surface area contributed by atoms with Crippen molar-refractivity contribution < 1.29 is 5.11 Å². The molecule has 0 heterocycles. The van der Waals surface area contributed by atoms with Crippen LogP contribution in [0.5, 0.6) is 0 Å². The third-order valence-electron chi connectivity index (χ3n) is 3.52. The van der Waals surface area contributed by atoms with Gasteiger partial charge in [-0.1, -0.05) is 0 Å². The van der Waals surface area contributed by atoms with Crippen molar-refractivity contribution >= 4 is 0 Å². The Labute approximate surface area is 74.6 Å². The minimum Gasteiger partial charge on any atom is -0.393 e. The molecule has 0 aromatic heterocycles. The van der Waals surface area contributed by atoms with Crippen LogP contribution in [0.1, 0.15) is 19.3 Å². The first-order valence-corrected chi connectivity index (χ1v) is 4.99. The Bertz CT molecular complexity index is 169. The van der Waals surface area contributed by atoms with E-state index < -0.39 is 0 Å². The molecule has 0 aliphatic heterocycles. The summed E-state index contributed by atoms with van der Waals surface area (Å²) in [6.45, 7) is 1.16. The third kappa shape index (κ3) is 1.38. The van der Waals surface area contributed by atoms with E-state index in [0.29, 0.717) is 5.92 Å². The highest BCUT2D eigenvalue weighted by Crippen LogP contribution is 2.48. The third-order valence-corrected chi connectivity index (χ3v) is 3.52. The quantitative estimate of drug-likeness (QED) is 0.665. The first-order chi connectivity index (χ1) is 5.66. The Kier molecular flexibility index (Phi) is 2.13. The van der Waals surface area contributed by atoms with Crippen molar-refractivity contribution in [2.24, 2.45) is 17.8 Å². The van der Waals surface area contributed by atoms with Crippen LogP contribution in [0.3, 0.4) is 0 Å². The van der Waals surface area contributed by atoms with Gasteiger partial charge in [0.1, 0.15) is 0 Å². The molecule has 0 radical (unpaired) electrons. The van der Waals surface area contributed by atoms with E-state index in [9.17, 15) is 5.11 Å². The summed E-state index contributed by atoms with van der Waals surface area (Å²) in [7, 11) is 4.25. The van der Waals surface area contributed by atoms with Crippen molar-refractivity contribution in [3.8, 4) is 0 Å². The molecule has 70 valence electrons. The molecule has 2 rings (SSSR count). The Hall–Kier alpha value is -0.0800. The smallest absolute Gasteiger partial charge is 0.0574 e. The van der Waals surface area contributed by atoms with Crippen LogP contribution in [0, 0.1) is 17.8 Å². The van der Waals surface area contributed by atoms with Gasteiger partial charge in [0, 0.05) is 6.54 Å². The van der Waals surface area contributed by atoms with Gasteiger partial charge >= 0.3 is 0 Å². The fourth-order valence-corrected chi connectivity index (χ4v) is 3.14. The van der Waals surface area contributed by atoms with E-state index in [-0.39, 0.29) is 6.10 Å². The molecular formula is C10H19NO. The Morgan fingerprint density at radius 1 is 1.25 bits per heavy atom. The van der Waals surface area contributed by atoms with E-state index in [1.165, 1.54) is 12.8 Å². The SMILES string of the molecule is CN(C)CC1CC2CC(O)C1C2. The zero-order chi connectivity index (χ0) is 8.72. The maximum atomic E-state index is 9.68. The van der Waals surface area contributed by atoms with Crippen molar-refractivity contribution in [2.45, 2.75) is 25.4 Å². The van der Waals surface area contributed by atoms with Gasteiger partial charge in [-0.3, -0.25) is 0 Å². The number of nitrogens with zero attached hydrogens (tertiary/aromatic N) is 1. The van der Waals surface area contributed by atoms with Crippen LogP contribution in [0.4, 0.5) is 0 Å². The van der Waals surface area contributed by atoms with Gasteiger partial charge in [-0.15, -0.1) is 0 Å². The minimum absolute atomic E-state index is 0.0219. The van der Waals surface area contributed by atoms with E-state index >= 15 is 0 Å². The molecule has 0 aromatic rings.